The number of fused-ring (bicyclic) bond motifs is 1. The van der Waals surface area contributed by atoms with E-state index in [2.05, 4.69) is 10.6 Å². The fourth-order valence-corrected chi connectivity index (χ4v) is 2.19. The average Bonchev–Trinajstić information content (AvgIpc) is 2.49. The molecule has 5 nitrogen and oxygen atoms in total. The van der Waals surface area contributed by atoms with Crippen LogP contribution in [0.5, 0.6) is 5.75 Å². The maximum absolute atomic E-state index is 12.2. The second-order valence-electron chi connectivity index (χ2n) is 5.28. The number of nitrogens with one attached hydrogen (secondary N) is 2. The molecule has 0 radical (unpaired) electrons. The molecule has 2 amide bonds. The predicted octanol–water partition coefficient (Wildman–Crippen LogP) is 2.97. The average molecular weight is 296 g/mol. The van der Waals surface area contributed by atoms with Gasteiger partial charge in [-0.3, -0.25) is 9.59 Å². The Labute approximate surface area is 128 Å². The van der Waals surface area contributed by atoms with Crippen LogP contribution in [-0.4, -0.2) is 17.9 Å². The maximum atomic E-state index is 12.2. The van der Waals surface area contributed by atoms with E-state index in [0.29, 0.717) is 22.7 Å². The van der Waals surface area contributed by atoms with Crippen molar-refractivity contribution in [3.8, 4) is 5.75 Å². The summed E-state index contributed by atoms with van der Waals surface area (Å²) in [5, 5.41) is 5.56. The van der Waals surface area contributed by atoms with Gasteiger partial charge in [0.05, 0.1) is 5.69 Å². The number of ether oxygens (including phenoxy) is 1. The van der Waals surface area contributed by atoms with Gasteiger partial charge in [0, 0.05) is 11.3 Å². The molecule has 112 valence electrons. The van der Waals surface area contributed by atoms with Gasteiger partial charge in [0.1, 0.15) is 5.75 Å². The molecule has 2 aromatic carbocycles. The Bertz CT molecular complexity index is 738. The molecule has 3 rings (SSSR count). The molecule has 2 N–H and O–H groups in total. The van der Waals surface area contributed by atoms with Crippen LogP contribution in [0, 0.1) is 6.92 Å². The number of rotatable bonds is 2. The monoisotopic (exact) mass is 296 g/mol. The Morgan fingerprint density at radius 3 is 2.64 bits per heavy atom. The summed E-state index contributed by atoms with van der Waals surface area (Å²) in [5.74, 6) is 0.200. The summed E-state index contributed by atoms with van der Waals surface area (Å²) in [7, 11) is 0. The van der Waals surface area contributed by atoms with E-state index in [1.807, 2.05) is 19.1 Å². The molecule has 1 aliphatic rings. The summed E-state index contributed by atoms with van der Waals surface area (Å²) in [5.41, 5.74) is 2.84. The number of aryl methyl sites for hydroxylation is 1. The molecule has 0 saturated carbocycles. The van der Waals surface area contributed by atoms with Crippen LogP contribution < -0.4 is 15.4 Å². The Morgan fingerprint density at radius 2 is 1.91 bits per heavy atom. The Balaban J connectivity index is 1.79. The van der Waals surface area contributed by atoms with E-state index in [4.69, 9.17) is 4.74 Å². The molecule has 0 aromatic heterocycles. The Hall–Kier alpha value is -2.82. The first-order valence-corrected chi connectivity index (χ1v) is 7.02. The fraction of sp³-hybridized carbons (Fsp3) is 0.176. The SMILES string of the molecule is Cc1ccc(C(=O)Nc2ccc3c(c2)NC(=O)C(C)O3)cc1. The number of amides is 2. The fourth-order valence-electron chi connectivity index (χ4n) is 2.19. The highest BCUT2D eigenvalue weighted by Gasteiger charge is 2.23. The lowest BCUT2D eigenvalue weighted by molar-refractivity contribution is -0.122. The standard InChI is InChI=1S/C17H16N2O3/c1-10-3-5-12(6-4-10)17(21)18-13-7-8-15-14(9-13)19-16(20)11(2)22-15/h3-9,11H,1-2H3,(H,18,21)(H,19,20). The molecule has 5 heteroatoms. The van der Waals surface area contributed by atoms with Crippen LogP contribution in [-0.2, 0) is 4.79 Å². The second kappa shape index (κ2) is 5.52. The van der Waals surface area contributed by atoms with Gasteiger partial charge in [-0.1, -0.05) is 17.7 Å². The third-order valence-corrected chi connectivity index (χ3v) is 3.48. The van der Waals surface area contributed by atoms with Gasteiger partial charge in [-0.15, -0.1) is 0 Å². The van der Waals surface area contributed by atoms with Gasteiger partial charge in [0.25, 0.3) is 11.8 Å². The van der Waals surface area contributed by atoms with E-state index in [1.165, 1.54) is 0 Å². The van der Waals surface area contributed by atoms with E-state index in [-0.39, 0.29) is 11.8 Å². The van der Waals surface area contributed by atoms with Gasteiger partial charge in [-0.05, 0) is 44.2 Å². The summed E-state index contributed by atoms with van der Waals surface area (Å²) in [6.45, 7) is 3.65. The molecule has 0 spiro atoms. The number of anilines is 2. The van der Waals surface area contributed by atoms with Crippen molar-refractivity contribution in [3.63, 3.8) is 0 Å². The molecule has 0 saturated heterocycles. The quantitative estimate of drug-likeness (QED) is 0.895. The van der Waals surface area contributed by atoms with E-state index >= 15 is 0 Å². The smallest absolute Gasteiger partial charge is 0.265 e. The van der Waals surface area contributed by atoms with Crippen LogP contribution in [0.1, 0.15) is 22.8 Å². The normalized spacial score (nSPS) is 16.3. The summed E-state index contributed by atoms with van der Waals surface area (Å²) < 4.78 is 5.48. The predicted molar refractivity (Wildman–Crippen MR) is 84.3 cm³/mol. The minimum atomic E-state index is -0.513. The molecule has 0 fully saturated rings. The summed E-state index contributed by atoms with van der Waals surface area (Å²) in [6.07, 6.45) is -0.513. The van der Waals surface area contributed by atoms with Gasteiger partial charge in [-0.2, -0.15) is 0 Å². The van der Waals surface area contributed by atoms with Crippen molar-refractivity contribution in [2.75, 3.05) is 10.6 Å². The van der Waals surface area contributed by atoms with Crippen LogP contribution in [0.4, 0.5) is 11.4 Å². The van der Waals surface area contributed by atoms with Crippen LogP contribution in [0.25, 0.3) is 0 Å². The van der Waals surface area contributed by atoms with Gasteiger partial charge >= 0.3 is 0 Å². The zero-order valence-electron chi connectivity index (χ0n) is 12.3. The van der Waals surface area contributed by atoms with Crippen LogP contribution >= 0.6 is 0 Å². The molecule has 1 unspecified atom stereocenters. The summed E-state index contributed by atoms with van der Waals surface area (Å²) in [4.78, 5) is 23.8. The molecule has 0 bridgehead atoms. The number of hydrogen-bond donors (Lipinski definition) is 2. The summed E-state index contributed by atoms with van der Waals surface area (Å²) in [6, 6.07) is 12.5. The zero-order chi connectivity index (χ0) is 15.7. The third kappa shape index (κ3) is 2.79. The second-order valence-corrected chi connectivity index (χ2v) is 5.28. The van der Waals surface area contributed by atoms with Crippen molar-refractivity contribution in [2.45, 2.75) is 20.0 Å². The molecule has 1 heterocycles. The van der Waals surface area contributed by atoms with Gasteiger partial charge in [-0.25, -0.2) is 0 Å². The van der Waals surface area contributed by atoms with Crippen LogP contribution in [0.2, 0.25) is 0 Å². The number of carbonyl (C=O) groups excluding carboxylic acids is 2. The lowest BCUT2D eigenvalue weighted by Crippen LogP contribution is -2.34. The van der Waals surface area contributed by atoms with Crippen molar-refractivity contribution >= 4 is 23.2 Å². The number of carbonyl (C=O) groups is 2. The highest BCUT2D eigenvalue weighted by molar-refractivity contribution is 6.05. The van der Waals surface area contributed by atoms with Crippen molar-refractivity contribution in [1.29, 1.82) is 0 Å². The molecule has 2 aromatic rings. The van der Waals surface area contributed by atoms with Crippen LogP contribution in [0.15, 0.2) is 42.5 Å². The van der Waals surface area contributed by atoms with Gasteiger partial charge < -0.3 is 15.4 Å². The van der Waals surface area contributed by atoms with E-state index in [1.54, 1.807) is 37.3 Å². The Morgan fingerprint density at radius 1 is 1.18 bits per heavy atom. The van der Waals surface area contributed by atoms with E-state index in [9.17, 15) is 9.59 Å². The van der Waals surface area contributed by atoms with Crippen LogP contribution in [0.3, 0.4) is 0 Å². The van der Waals surface area contributed by atoms with Crippen molar-refractivity contribution < 1.29 is 14.3 Å². The van der Waals surface area contributed by atoms with Gasteiger partial charge in [0.2, 0.25) is 0 Å². The molecule has 22 heavy (non-hydrogen) atoms. The first-order chi connectivity index (χ1) is 10.5. The minimum Gasteiger partial charge on any atom is -0.479 e. The number of hydrogen-bond acceptors (Lipinski definition) is 3. The minimum absolute atomic E-state index is 0.198. The molecular formula is C17H16N2O3. The largest absolute Gasteiger partial charge is 0.479 e. The Kier molecular flexibility index (Phi) is 3.55. The number of benzene rings is 2. The van der Waals surface area contributed by atoms with Crippen molar-refractivity contribution in [3.05, 3.63) is 53.6 Å². The molecule has 1 atom stereocenters. The highest BCUT2D eigenvalue weighted by atomic mass is 16.5. The third-order valence-electron chi connectivity index (χ3n) is 3.48. The zero-order valence-corrected chi connectivity index (χ0v) is 12.3. The maximum Gasteiger partial charge on any atom is 0.265 e. The first kappa shape index (κ1) is 14.1. The summed E-state index contributed by atoms with van der Waals surface area (Å²) >= 11 is 0. The molecular weight excluding hydrogens is 280 g/mol. The van der Waals surface area contributed by atoms with Crippen molar-refractivity contribution in [2.24, 2.45) is 0 Å². The van der Waals surface area contributed by atoms with Gasteiger partial charge in [0.15, 0.2) is 6.10 Å². The van der Waals surface area contributed by atoms with E-state index < -0.39 is 6.10 Å². The lowest BCUT2D eigenvalue weighted by atomic mass is 10.1. The van der Waals surface area contributed by atoms with E-state index in [0.717, 1.165) is 5.56 Å². The first-order valence-electron chi connectivity index (χ1n) is 7.02. The molecule has 0 aliphatic carbocycles. The highest BCUT2D eigenvalue weighted by Crippen LogP contribution is 2.32. The topological polar surface area (TPSA) is 67.4 Å². The van der Waals surface area contributed by atoms with Crippen molar-refractivity contribution in [1.82, 2.24) is 0 Å². The lowest BCUT2D eigenvalue weighted by Gasteiger charge is -2.23. The molecule has 1 aliphatic heterocycles.